The van der Waals surface area contributed by atoms with Crippen LogP contribution in [0.15, 0.2) is 23.3 Å². The zero-order valence-electron chi connectivity index (χ0n) is 13.1. The Morgan fingerprint density at radius 2 is 2.00 bits per heavy atom. The summed E-state index contributed by atoms with van der Waals surface area (Å²) in [5.74, 6) is 2.84. The second-order valence-corrected chi connectivity index (χ2v) is 6.42. The van der Waals surface area contributed by atoms with Crippen molar-refractivity contribution in [2.45, 2.75) is 73.1 Å². The first-order valence-corrected chi connectivity index (χ1v) is 7.86. The van der Waals surface area contributed by atoms with Gasteiger partial charge in [0.15, 0.2) is 0 Å². The van der Waals surface area contributed by atoms with Crippen LogP contribution in [-0.2, 0) is 0 Å². The van der Waals surface area contributed by atoms with Gasteiger partial charge in [-0.2, -0.15) is 0 Å². The van der Waals surface area contributed by atoms with Crippen LogP contribution in [0.5, 0.6) is 0 Å². The third-order valence-electron chi connectivity index (χ3n) is 4.63. The summed E-state index contributed by atoms with van der Waals surface area (Å²) in [6, 6.07) is 0. The van der Waals surface area contributed by atoms with Crippen LogP contribution in [-0.4, -0.2) is 0 Å². The van der Waals surface area contributed by atoms with Crippen molar-refractivity contribution in [3.8, 4) is 0 Å². The van der Waals surface area contributed by atoms with Crippen molar-refractivity contribution in [2.75, 3.05) is 0 Å². The SMILES string of the molecule is CC=C(C)CCC(=CCC1CC1C)CC(C)CC. The molecule has 1 rings (SSSR count). The second kappa shape index (κ2) is 7.81. The molecule has 0 heteroatoms. The van der Waals surface area contributed by atoms with E-state index in [1.807, 2.05) is 0 Å². The van der Waals surface area contributed by atoms with Crippen LogP contribution in [0.2, 0.25) is 0 Å². The van der Waals surface area contributed by atoms with E-state index in [1.165, 1.54) is 44.1 Å². The Morgan fingerprint density at radius 3 is 2.50 bits per heavy atom. The van der Waals surface area contributed by atoms with Crippen molar-refractivity contribution in [1.29, 1.82) is 0 Å². The summed E-state index contributed by atoms with van der Waals surface area (Å²) >= 11 is 0. The lowest BCUT2D eigenvalue weighted by molar-refractivity contribution is 0.544. The van der Waals surface area contributed by atoms with Gasteiger partial charge in [-0.3, -0.25) is 0 Å². The molecule has 0 N–H and O–H groups in total. The van der Waals surface area contributed by atoms with Crippen molar-refractivity contribution >= 4 is 0 Å². The van der Waals surface area contributed by atoms with Crippen molar-refractivity contribution in [3.63, 3.8) is 0 Å². The van der Waals surface area contributed by atoms with Gasteiger partial charge in [0.1, 0.15) is 0 Å². The maximum atomic E-state index is 2.57. The predicted molar refractivity (Wildman–Crippen MR) is 82.7 cm³/mol. The van der Waals surface area contributed by atoms with Crippen molar-refractivity contribution in [3.05, 3.63) is 23.3 Å². The summed E-state index contributed by atoms with van der Waals surface area (Å²) in [6.07, 6.45) is 12.8. The molecule has 1 aliphatic rings. The lowest BCUT2D eigenvalue weighted by Crippen LogP contribution is -1.97. The van der Waals surface area contributed by atoms with Crippen LogP contribution in [0.1, 0.15) is 73.1 Å². The van der Waals surface area contributed by atoms with Gasteiger partial charge < -0.3 is 0 Å². The van der Waals surface area contributed by atoms with E-state index in [2.05, 4.69) is 46.8 Å². The highest BCUT2D eigenvalue weighted by Crippen LogP contribution is 2.41. The summed E-state index contributed by atoms with van der Waals surface area (Å²) in [5, 5.41) is 0. The predicted octanol–water partition coefficient (Wildman–Crippen LogP) is 6.14. The third-order valence-corrected chi connectivity index (χ3v) is 4.63. The molecule has 0 heterocycles. The van der Waals surface area contributed by atoms with Gasteiger partial charge in [-0.1, -0.05) is 50.5 Å². The number of allylic oxidation sites excluding steroid dienone is 4. The molecule has 0 saturated heterocycles. The molecule has 0 bridgehead atoms. The number of hydrogen-bond donors (Lipinski definition) is 0. The zero-order chi connectivity index (χ0) is 13.5. The highest BCUT2D eigenvalue weighted by Gasteiger charge is 2.30. The molecule has 0 spiro atoms. The molecule has 0 amide bonds. The first-order valence-electron chi connectivity index (χ1n) is 7.86. The molecular weight excluding hydrogens is 216 g/mol. The molecular formula is C18H32. The van der Waals surface area contributed by atoms with Crippen LogP contribution in [0.4, 0.5) is 0 Å². The van der Waals surface area contributed by atoms with Gasteiger partial charge in [0, 0.05) is 0 Å². The maximum Gasteiger partial charge on any atom is -0.0283 e. The fraction of sp³-hybridized carbons (Fsp3) is 0.778. The van der Waals surface area contributed by atoms with E-state index in [1.54, 1.807) is 5.57 Å². The average Bonchev–Trinajstić information content (AvgIpc) is 3.07. The fourth-order valence-corrected chi connectivity index (χ4v) is 2.43. The van der Waals surface area contributed by atoms with Gasteiger partial charge in [0.2, 0.25) is 0 Å². The van der Waals surface area contributed by atoms with Gasteiger partial charge in [0.05, 0.1) is 0 Å². The standard InChI is InChI=1S/C18H32/c1-6-14(3)8-9-17(12-15(4)7-2)10-11-18-13-16(18)5/h6,10,15-16,18H,7-9,11-13H2,1-5H3. The molecule has 0 nitrogen and oxygen atoms in total. The normalized spacial score (nSPS) is 26.3. The van der Waals surface area contributed by atoms with Gasteiger partial charge in [-0.05, 0) is 63.7 Å². The van der Waals surface area contributed by atoms with E-state index < -0.39 is 0 Å². The monoisotopic (exact) mass is 248 g/mol. The Bertz CT molecular complexity index is 295. The van der Waals surface area contributed by atoms with E-state index in [4.69, 9.17) is 0 Å². The summed E-state index contributed by atoms with van der Waals surface area (Å²) in [4.78, 5) is 0. The fourth-order valence-electron chi connectivity index (χ4n) is 2.43. The summed E-state index contributed by atoms with van der Waals surface area (Å²) in [7, 11) is 0. The molecule has 1 fully saturated rings. The second-order valence-electron chi connectivity index (χ2n) is 6.42. The maximum absolute atomic E-state index is 2.57. The van der Waals surface area contributed by atoms with Gasteiger partial charge in [-0.15, -0.1) is 0 Å². The number of hydrogen-bond acceptors (Lipinski definition) is 0. The molecule has 3 atom stereocenters. The Kier molecular flexibility index (Phi) is 6.75. The van der Waals surface area contributed by atoms with Crippen LogP contribution in [0.3, 0.4) is 0 Å². The molecule has 0 radical (unpaired) electrons. The lowest BCUT2D eigenvalue weighted by atomic mass is 9.93. The van der Waals surface area contributed by atoms with Gasteiger partial charge in [0.25, 0.3) is 0 Å². The first-order chi connectivity index (χ1) is 8.56. The molecule has 104 valence electrons. The van der Waals surface area contributed by atoms with Crippen molar-refractivity contribution in [2.24, 2.45) is 17.8 Å². The minimum Gasteiger partial charge on any atom is -0.0887 e. The smallest absolute Gasteiger partial charge is 0.0283 e. The quantitative estimate of drug-likeness (QED) is 0.452. The van der Waals surface area contributed by atoms with Crippen molar-refractivity contribution in [1.82, 2.24) is 0 Å². The van der Waals surface area contributed by atoms with E-state index in [9.17, 15) is 0 Å². The van der Waals surface area contributed by atoms with E-state index in [0.717, 1.165) is 17.8 Å². The van der Waals surface area contributed by atoms with Crippen LogP contribution < -0.4 is 0 Å². The van der Waals surface area contributed by atoms with Crippen LogP contribution in [0, 0.1) is 17.8 Å². The Morgan fingerprint density at radius 1 is 1.33 bits per heavy atom. The lowest BCUT2D eigenvalue weighted by Gasteiger charge is -2.13. The Hall–Kier alpha value is -0.520. The summed E-state index contributed by atoms with van der Waals surface area (Å²) in [5.41, 5.74) is 3.24. The molecule has 3 unspecified atom stereocenters. The van der Waals surface area contributed by atoms with Gasteiger partial charge >= 0.3 is 0 Å². The van der Waals surface area contributed by atoms with E-state index in [-0.39, 0.29) is 0 Å². The average molecular weight is 248 g/mol. The molecule has 0 aliphatic heterocycles. The number of rotatable bonds is 8. The highest BCUT2D eigenvalue weighted by molar-refractivity contribution is 5.09. The summed E-state index contributed by atoms with van der Waals surface area (Å²) in [6.45, 7) is 11.5. The highest BCUT2D eigenvalue weighted by atomic mass is 14.4. The third kappa shape index (κ3) is 5.89. The Balaban J connectivity index is 2.45. The summed E-state index contributed by atoms with van der Waals surface area (Å²) < 4.78 is 0. The minimum absolute atomic E-state index is 0.846. The zero-order valence-corrected chi connectivity index (χ0v) is 13.1. The molecule has 0 aromatic carbocycles. The van der Waals surface area contributed by atoms with Crippen LogP contribution >= 0.6 is 0 Å². The van der Waals surface area contributed by atoms with Crippen molar-refractivity contribution < 1.29 is 0 Å². The molecule has 0 aromatic rings. The van der Waals surface area contributed by atoms with Crippen LogP contribution in [0.25, 0.3) is 0 Å². The molecule has 1 aliphatic carbocycles. The minimum atomic E-state index is 0.846. The topological polar surface area (TPSA) is 0 Å². The van der Waals surface area contributed by atoms with Gasteiger partial charge in [-0.25, -0.2) is 0 Å². The van der Waals surface area contributed by atoms with E-state index >= 15 is 0 Å². The molecule has 1 saturated carbocycles. The Labute approximate surface area is 115 Å². The first kappa shape index (κ1) is 15.5. The molecule has 0 aromatic heterocycles. The largest absolute Gasteiger partial charge is 0.0887 e. The van der Waals surface area contributed by atoms with E-state index in [0.29, 0.717) is 0 Å². The molecule has 18 heavy (non-hydrogen) atoms.